The van der Waals surface area contributed by atoms with Gasteiger partial charge in [0.05, 0.1) is 12.8 Å². The second-order valence-electron chi connectivity index (χ2n) is 6.09. The number of carbonyl (C=O) groups excluding carboxylic acids is 1. The molecule has 1 aliphatic heterocycles. The molecule has 0 radical (unpaired) electrons. The van der Waals surface area contributed by atoms with Crippen LogP contribution in [0.1, 0.15) is 17.2 Å². The molecule has 23 heavy (non-hydrogen) atoms. The second-order valence-corrected chi connectivity index (χ2v) is 6.09. The number of nitrogens with zero attached hydrogens (tertiary/aromatic N) is 4. The van der Waals surface area contributed by atoms with Gasteiger partial charge in [0.2, 0.25) is 5.91 Å². The van der Waals surface area contributed by atoms with Crippen molar-refractivity contribution >= 4 is 5.91 Å². The van der Waals surface area contributed by atoms with Crippen molar-refractivity contribution in [1.82, 2.24) is 19.7 Å². The van der Waals surface area contributed by atoms with E-state index in [0.29, 0.717) is 19.7 Å². The molecule has 122 valence electrons. The first kappa shape index (κ1) is 15.7. The van der Waals surface area contributed by atoms with Gasteiger partial charge in [-0.1, -0.05) is 6.07 Å². The lowest BCUT2D eigenvalue weighted by Gasteiger charge is -2.16. The van der Waals surface area contributed by atoms with Gasteiger partial charge in [0.25, 0.3) is 0 Å². The summed E-state index contributed by atoms with van der Waals surface area (Å²) in [5.74, 6) is 0.588. The molecule has 2 atom stereocenters. The molecule has 2 aromatic heterocycles. The fourth-order valence-electron chi connectivity index (χ4n) is 3.18. The Morgan fingerprint density at radius 2 is 2.26 bits per heavy atom. The molecule has 0 aromatic carbocycles. The Hall–Kier alpha value is -2.21. The average Bonchev–Trinajstić information content (AvgIpc) is 3.15. The van der Waals surface area contributed by atoms with Crippen molar-refractivity contribution in [3.05, 3.63) is 48.0 Å². The number of ether oxygens (including phenoxy) is 1. The van der Waals surface area contributed by atoms with E-state index in [2.05, 4.69) is 10.1 Å². The summed E-state index contributed by atoms with van der Waals surface area (Å²) in [7, 11) is 1.70. The molecular weight excluding hydrogens is 292 g/mol. The first-order valence-electron chi connectivity index (χ1n) is 7.84. The lowest BCUT2D eigenvalue weighted by molar-refractivity contribution is -0.131. The standard InChI is InChI=1S/C17H22N4O2/c1-13-7-19-21(8-13)11-17(22)20-9-14(12-23-2)15(10-20)16-5-3-4-6-18-16/h3-8,14-15H,9-12H2,1-2H3/t14-,15+/m0/s1. The summed E-state index contributed by atoms with van der Waals surface area (Å²) in [6, 6.07) is 5.92. The van der Waals surface area contributed by atoms with Gasteiger partial charge < -0.3 is 9.64 Å². The van der Waals surface area contributed by atoms with Crippen LogP contribution < -0.4 is 0 Å². The number of likely N-dealkylation sites (tertiary alicyclic amines) is 1. The van der Waals surface area contributed by atoms with Crippen molar-refractivity contribution in [3.8, 4) is 0 Å². The van der Waals surface area contributed by atoms with Crippen LogP contribution in [0, 0.1) is 12.8 Å². The highest BCUT2D eigenvalue weighted by atomic mass is 16.5. The molecule has 0 spiro atoms. The highest BCUT2D eigenvalue weighted by Crippen LogP contribution is 2.31. The Morgan fingerprint density at radius 1 is 1.39 bits per heavy atom. The van der Waals surface area contributed by atoms with E-state index in [0.717, 1.165) is 11.3 Å². The molecule has 1 aliphatic rings. The zero-order valence-corrected chi connectivity index (χ0v) is 13.6. The molecule has 1 amide bonds. The van der Waals surface area contributed by atoms with Crippen molar-refractivity contribution in [2.24, 2.45) is 5.92 Å². The molecule has 0 bridgehead atoms. The molecule has 6 heteroatoms. The van der Waals surface area contributed by atoms with Crippen LogP contribution in [0.2, 0.25) is 0 Å². The number of hydrogen-bond acceptors (Lipinski definition) is 4. The van der Waals surface area contributed by atoms with Crippen LogP contribution >= 0.6 is 0 Å². The molecule has 0 saturated carbocycles. The SMILES string of the molecule is COC[C@@H]1CN(C(=O)Cn2cc(C)cn2)C[C@H]1c1ccccn1. The Balaban J connectivity index is 1.70. The van der Waals surface area contributed by atoms with E-state index in [1.165, 1.54) is 0 Å². The van der Waals surface area contributed by atoms with Crippen LogP contribution in [0.3, 0.4) is 0 Å². The van der Waals surface area contributed by atoms with E-state index in [9.17, 15) is 4.79 Å². The Labute approximate surface area is 136 Å². The third-order valence-electron chi connectivity index (χ3n) is 4.30. The minimum absolute atomic E-state index is 0.0904. The third kappa shape index (κ3) is 3.59. The summed E-state index contributed by atoms with van der Waals surface area (Å²) in [6.07, 6.45) is 5.45. The van der Waals surface area contributed by atoms with Crippen LogP contribution in [0.15, 0.2) is 36.8 Å². The van der Waals surface area contributed by atoms with E-state index in [-0.39, 0.29) is 24.3 Å². The van der Waals surface area contributed by atoms with Crippen molar-refractivity contribution in [3.63, 3.8) is 0 Å². The fourth-order valence-corrected chi connectivity index (χ4v) is 3.18. The highest BCUT2D eigenvalue weighted by molar-refractivity contribution is 5.76. The predicted octanol–water partition coefficient (Wildman–Crippen LogP) is 1.48. The minimum atomic E-state index is 0.0904. The Kier molecular flexibility index (Phi) is 4.71. The predicted molar refractivity (Wildman–Crippen MR) is 85.9 cm³/mol. The van der Waals surface area contributed by atoms with Crippen LogP contribution in [-0.2, 0) is 16.1 Å². The molecule has 3 rings (SSSR count). The van der Waals surface area contributed by atoms with Crippen LogP contribution in [0.5, 0.6) is 0 Å². The normalized spacial score (nSPS) is 20.9. The number of methoxy groups -OCH3 is 1. The zero-order valence-electron chi connectivity index (χ0n) is 13.6. The second kappa shape index (κ2) is 6.91. The average molecular weight is 314 g/mol. The summed E-state index contributed by atoms with van der Waals surface area (Å²) < 4.78 is 7.04. The van der Waals surface area contributed by atoms with Crippen molar-refractivity contribution in [2.45, 2.75) is 19.4 Å². The topological polar surface area (TPSA) is 60.2 Å². The van der Waals surface area contributed by atoms with Gasteiger partial charge >= 0.3 is 0 Å². The zero-order chi connectivity index (χ0) is 16.2. The molecular formula is C17H22N4O2. The maximum Gasteiger partial charge on any atom is 0.244 e. The largest absolute Gasteiger partial charge is 0.384 e. The van der Waals surface area contributed by atoms with E-state index >= 15 is 0 Å². The van der Waals surface area contributed by atoms with Gasteiger partial charge in [-0.15, -0.1) is 0 Å². The molecule has 6 nitrogen and oxygen atoms in total. The third-order valence-corrected chi connectivity index (χ3v) is 4.30. The van der Waals surface area contributed by atoms with Crippen molar-refractivity contribution < 1.29 is 9.53 Å². The molecule has 0 unspecified atom stereocenters. The van der Waals surface area contributed by atoms with E-state index in [1.54, 1.807) is 24.2 Å². The number of pyridine rings is 1. The summed E-state index contributed by atoms with van der Waals surface area (Å²) in [5.41, 5.74) is 2.09. The van der Waals surface area contributed by atoms with Gasteiger partial charge in [0.1, 0.15) is 6.54 Å². The first-order chi connectivity index (χ1) is 11.2. The lowest BCUT2D eigenvalue weighted by atomic mass is 9.93. The molecule has 1 saturated heterocycles. The van der Waals surface area contributed by atoms with Crippen LogP contribution in [-0.4, -0.2) is 52.4 Å². The molecule has 1 fully saturated rings. The molecule has 0 aliphatic carbocycles. The Bertz CT molecular complexity index is 656. The fraction of sp³-hybridized carbons (Fsp3) is 0.471. The van der Waals surface area contributed by atoms with Gasteiger partial charge in [-0.05, 0) is 24.6 Å². The molecule has 3 heterocycles. The number of aryl methyl sites for hydroxylation is 1. The van der Waals surface area contributed by atoms with Crippen molar-refractivity contribution in [1.29, 1.82) is 0 Å². The Morgan fingerprint density at radius 3 is 2.91 bits per heavy atom. The highest BCUT2D eigenvalue weighted by Gasteiger charge is 2.36. The molecule has 0 N–H and O–H groups in total. The van der Waals surface area contributed by atoms with E-state index in [4.69, 9.17) is 4.74 Å². The van der Waals surface area contributed by atoms with E-state index in [1.807, 2.05) is 36.2 Å². The number of hydrogen-bond donors (Lipinski definition) is 0. The van der Waals surface area contributed by atoms with Crippen LogP contribution in [0.4, 0.5) is 0 Å². The van der Waals surface area contributed by atoms with Gasteiger partial charge in [-0.3, -0.25) is 14.5 Å². The van der Waals surface area contributed by atoms with Crippen LogP contribution in [0.25, 0.3) is 0 Å². The monoisotopic (exact) mass is 314 g/mol. The minimum Gasteiger partial charge on any atom is -0.384 e. The van der Waals surface area contributed by atoms with Gasteiger partial charge in [0.15, 0.2) is 0 Å². The number of carbonyl (C=O) groups is 1. The number of aromatic nitrogens is 3. The quantitative estimate of drug-likeness (QED) is 0.838. The van der Waals surface area contributed by atoms with Crippen molar-refractivity contribution in [2.75, 3.05) is 26.8 Å². The van der Waals surface area contributed by atoms with E-state index < -0.39 is 0 Å². The smallest absolute Gasteiger partial charge is 0.244 e. The summed E-state index contributed by atoms with van der Waals surface area (Å²) in [6.45, 7) is 4.27. The number of rotatable bonds is 5. The lowest BCUT2D eigenvalue weighted by Crippen LogP contribution is -2.32. The number of amides is 1. The molecule has 2 aromatic rings. The summed E-state index contributed by atoms with van der Waals surface area (Å²) in [5, 5.41) is 4.19. The van der Waals surface area contributed by atoms with Gasteiger partial charge in [-0.25, -0.2) is 0 Å². The summed E-state index contributed by atoms with van der Waals surface area (Å²) in [4.78, 5) is 18.9. The maximum atomic E-state index is 12.6. The first-order valence-corrected chi connectivity index (χ1v) is 7.84. The maximum absolute atomic E-state index is 12.6. The van der Waals surface area contributed by atoms with Gasteiger partial charge in [-0.2, -0.15) is 5.10 Å². The van der Waals surface area contributed by atoms with Gasteiger partial charge in [0, 0.05) is 50.1 Å². The summed E-state index contributed by atoms with van der Waals surface area (Å²) >= 11 is 0.